The maximum Gasteiger partial charge on any atom is 0.258 e. The number of halogens is 2. The van der Waals surface area contributed by atoms with E-state index in [1.165, 1.54) is 19.5 Å². The molecule has 1 aromatic carbocycles. The largest absolute Gasteiger partial charge is 0.367 e. The highest BCUT2D eigenvalue weighted by atomic mass is 19.3. The third-order valence-corrected chi connectivity index (χ3v) is 2.80. The lowest BCUT2D eigenvalue weighted by Crippen LogP contribution is -2.22. The summed E-state index contributed by atoms with van der Waals surface area (Å²) >= 11 is 0. The van der Waals surface area contributed by atoms with Crippen molar-refractivity contribution in [3.63, 3.8) is 0 Å². The van der Waals surface area contributed by atoms with Gasteiger partial charge < -0.3 is 10.1 Å². The molecule has 0 saturated heterocycles. The number of benzene rings is 1. The van der Waals surface area contributed by atoms with Crippen molar-refractivity contribution in [2.24, 2.45) is 0 Å². The Morgan fingerprint density at radius 1 is 1.38 bits per heavy atom. The average molecular weight is 295 g/mol. The van der Waals surface area contributed by atoms with Gasteiger partial charge in [0.15, 0.2) is 6.10 Å². The van der Waals surface area contributed by atoms with Crippen molar-refractivity contribution >= 4 is 11.6 Å². The van der Waals surface area contributed by atoms with Crippen LogP contribution < -0.4 is 5.32 Å². The Morgan fingerprint density at radius 3 is 2.71 bits per heavy atom. The summed E-state index contributed by atoms with van der Waals surface area (Å²) in [5, 5.41) is 6.34. The van der Waals surface area contributed by atoms with Crippen LogP contribution >= 0.6 is 0 Å². The highest BCUT2D eigenvalue weighted by molar-refractivity contribution is 5.94. The van der Waals surface area contributed by atoms with Crippen LogP contribution in [0.2, 0.25) is 0 Å². The molecule has 0 aliphatic heterocycles. The minimum atomic E-state index is -2.50. The van der Waals surface area contributed by atoms with Crippen LogP contribution in [-0.4, -0.2) is 29.2 Å². The second-order valence-electron chi connectivity index (χ2n) is 4.36. The maximum atomic E-state index is 12.2. The zero-order valence-corrected chi connectivity index (χ0v) is 11.4. The van der Waals surface area contributed by atoms with Gasteiger partial charge in [-0.2, -0.15) is 5.10 Å². The lowest BCUT2D eigenvalue weighted by molar-refractivity contribution is -0.126. The molecule has 0 aliphatic rings. The highest BCUT2D eigenvalue weighted by Gasteiger charge is 2.20. The van der Waals surface area contributed by atoms with Crippen LogP contribution in [0.5, 0.6) is 0 Å². The normalized spacial score (nSPS) is 12.4. The number of methoxy groups -OCH3 is 1. The summed E-state index contributed by atoms with van der Waals surface area (Å²) in [6, 6.07) is 8.98. The minimum absolute atomic E-state index is 0.346. The lowest BCUT2D eigenvalue weighted by atomic mass is 10.1. The van der Waals surface area contributed by atoms with E-state index in [1.54, 1.807) is 24.3 Å². The Balaban J connectivity index is 2.04. The van der Waals surface area contributed by atoms with Crippen LogP contribution in [0.25, 0.3) is 0 Å². The quantitative estimate of drug-likeness (QED) is 0.890. The van der Waals surface area contributed by atoms with Crippen LogP contribution in [0, 0.1) is 0 Å². The first-order chi connectivity index (χ1) is 10.1. The van der Waals surface area contributed by atoms with Gasteiger partial charge in [-0.3, -0.25) is 9.48 Å². The van der Waals surface area contributed by atoms with Crippen LogP contribution in [0.4, 0.5) is 14.5 Å². The Bertz CT molecular complexity index is 587. The zero-order chi connectivity index (χ0) is 15.2. The molecule has 2 rings (SSSR count). The van der Waals surface area contributed by atoms with E-state index in [0.717, 1.165) is 4.68 Å². The van der Waals surface area contributed by atoms with Gasteiger partial charge >= 0.3 is 0 Å². The average Bonchev–Trinajstić information content (AvgIpc) is 2.87. The number of carbonyl (C=O) groups excluding carboxylic acids is 1. The van der Waals surface area contributed by atoms with E-state index in [-0.39, 0.29) is 5.91 Å². The summed E-state index contributed by atoms with van der Waals surface area (Å²) in [6.45, 7) is -0.512. The van der Waals surface area contributed by atoms with Crippen molar-refractivity contribution in [3.05, 3.63) is 48.3 Å². The molecule has 0 bridgehead atoms. The fraction of sp³-hybridized carbons (Fsp3) is 0.286. The first kappa shape index (κ1) is 15.1. The van der Waals surface area contributed by atoms with E-state index in [1.807, 2.05) is 6.07 Å². The van der Waals surface area contributed by atoms with Gasteiger partial charge in [-0.25, -0.2) is 8.78 Å². The molecule has 21 heavy (non-hydrogen) atoms. The van der Waals surface area contributed by atoms with Crippen molar-refractivity contribution < 1.29 is 18.3 Å². The van der Waals surface area contributed by atoms with E-state index in [0.29, 0.717) is 11.3 Å². The number of hydrogen-bond acceptors (Lipinski definition) is 3. The molecule has 1 amide bonds. The molecule has 0 spiro atoms. The SMILES string of the molecule is CO[C@@H](C(=O)Nc1cnn(CC(F)F)c1)c1ccccc1. The topological polar surface area (TPSA) is 56.1 Å². The molecule has 0 radical (unpaired) electrons. The van der Waals surface area contributed by atoms with E-state index < -0.39 is 19.1 Å². The lowest BCUT2D eigenvalue weighted by Gasteiger charge is -2.14. The smallest absolute Gasteiger partial charge is 0.258 e. The Morgan fingerprint density at radius 2 is 2.10 bits per heavy atom. The summed E-state index contributed by atoms with van der Waals surface area (Å²) < 4.78 is 30.7. The van der Waals surface area contributed by atoms with Gasteiger partial charge in [-0.05, 0) is 5.56 Å². The van der Waals surface area contributed by atoms with Crippen LogP contribution in [0.3, 0.4) is 0 Å². The molecule has 1 atom stereocenters. The first-order valence-corrected chi connectivity index (χ1v) is 6.29. The minimum Gasteiger partial charge on any atom is -0.367 e. The molecule has 0 unspecified atom stereocenters. The number of carbonyl (C=O) groups is 1. The molecule has 0 saturated carbocycles. The summed E-state index contributed by atoms with van der Waals surface area (Å²) in [7, 11) is 1.43. The number of nitrogens with zero attached hydrogens (tertiary/aromatic N) is 2. The number of ether oxygens (including phenoxy) is 1. The van der Waals surface area contributed by atoms with Crippen LogP contribution in [0.1, 0.15) is 11.7 Å². The summed E-state index contributed by atoms with van der Waals surface area (Å²) in [4.78, 5) is 12.2. The molecule has 1 heterocycles. The summed E-state index contributed by atoms with van der Waals surface area (Å²) in [5.41, 5.74) is 1.05. The molecule has 7 heteroatoms. The van der Waals surface area contributed by atoms with E-state index in [4.69, 9.17) is 4.74 Å². The maximum absolute atomic E-state index is 12.2. The molecule has 0 aliphatic carbocycles. The first-order valence-electron chi connectivity index (χ1n) is 6.29. The van der Waals surface area contributed by atoms with Crippen molar-refractivity contribution in [1.29, 1.82) is 0 Å². The number of alkyl halides is 2. The van der Waals surface area contributed by atoms with Crippen LogP contribution in [0.15, 0.2) is 42.7 Å². The van der Waals surface area contributed by atoms with Crippen LogP contribution in [-0.2, 0) is 16.1 Å². The van der Waals surface area contributed by atoms with Gasteiger partial charge in [0.2, 0.25) is 0 Å². The third kappa shape index (κ3) is 4.09. The molecule has 0 fully saturated rings. The van der Waals surface area contributed by atoms with E-state index >= 15 is 0 Å². The van der Waals surface area contributed by atoms with Gasteiger partial charge in [-0.15, -0.1) is 0 Å². The number of anilines is 1. The van der Waals surface area contributed by atoms with Gasteiger partial charge in [0.1, 0.15) is 6.54 Å². The number of aromatic nitrogens is 2. The number of hydrogen-bond donors (Lipinski definition) is 1. The highest BCUT2D eigenvalue weighted by Crippen LogP contribution is 2.18. The molecular formula is C14H15F2N3O2. The van der Waals surface area contributed by atoms with E-state index in [9.17, 15) is 13.6 Å². The molecule has 2 aromatic rings. The second-order valence-corrected chi connectivity index (χ2v) is 4.36. The predicted molar refractivity (Wildman–Crippen MR) is 73.1 cm³/mol. The van der Waals surface area contributed by atoms with Gasteiger partial charge in [0.05, 0.1) is 11.9 Å². The number of amides is 1. The van der Waals surface area contributed by atoms with Crippen molar-refractivity contribution in [1.82, 2.24) is 9.78 Å². The van der Waals surface area contributed by atoms with Gasteiger partial charge in [-0.1, -0.05) is 30.3 Å². The number of nitrogens with one attached hydrogen (secondary N) is 1. The second kappa shape index (κ2) is 6.94. The van der Waals surface area contributed by atoms with Gasteiger partial charge in [0, 0.05) is 13.3 Å². The van der Waals surface area contributed by atoms with Crippen molar-refractivity contribution in [2.75, 3.05) is 12.4 Å². The standard InChI is InChI=1S/C14H15F2N3O2/c1-21-13(10-5-3-2-4-6-10)14(20)18-11-7-17-19(8-11)9-12(15)16/h2-8,12-13H,9H2,1H3,(H,18,20)/t13-/m1/s1. The number of rotatable bonds is 6. The van der Waals surface area contributed by atoms with Gasteiger partial charge in [0.25, 0.3) is 12.3 Å². The fourth-order valence-electron chi connectivity index (χ4n) is 1.90. The van der Waals surface area contributed by atoms with E-state index in [2.05, 4.69) is 10.4 Å². The molecular weight excluding hydrogens is 280 g/mol. The third-order valence-electron chi connectivity index (χ3n) is 2.80. The fourth-order valence-corrected chi connectivity index (χ4v) is 1.90. The van der Waals surface area contributed by atoms with Crippen molar-refractivity contribution in [2.45, 2.75) is 19.1 Å². The van der Waals surface area contributed by atoms with Crippen molar-refractivity contribution in [3.8, 4) is 0 Å². The summed E-state index contributed by atoms with van der Waals surface area (Å²) in [5.74, 6) is -0.389. The monoisotopic (exact) mass is 295 g/mol. The molecule has 1 N–H and O–H groups in total. The zero-order valence-electron chi connectivity index (χ0n) is 11.4. The molecule has 5 nitrogen and oxygen atoms in total. The summed E-state index contributed by atoms with van der Waals surface area (Å²) in [6.07, 6.45) is -0.603. The molecule has 112 valence electrons. The molecule has 1 aromatic heterocycles. The Labute approximate surface area is 120 Å². The Kier molecular flexibility index (Phi) is 4.99. The Hall–Kier alpha value is -2.28. The predicted octanol–water partition coefficient (Wildman–Crippen LogP) is 2.47.